The predicted octanol–water partition coefficient (Wildman–Crippen LogP) is 4.17. The number of benzene rings is 1. The average Bonchev–Trinajstić information content (AvgIpc) is 3.51. The van der Waals surface area contributed by atoms with E-state index in [1.54, 1.807) is 59.6 Å². The number of carbonyl (C=O) groups excluding carboxylic acids is 2. The summed E-state index contributed by atoms with van der Waals surface area (Å²) in [4.78, 5) is 39.2. The van der Waals surface area contributed by atoms with E-state index in [2.05, 4.69) is 25.8 Å². The number of hydrogen-bond acceptors (Lipinski definition) is 5. The molecule has 37 heavy (non-hydrogen) atoms. The molecule has 2 aliphatic rings. The van der Waals surface area contributed by atoms with Crippen LogP contribution in [0.15, 0.2) is 47.2 Å². The van der Waals surface area contributed by atoms with Crippen molar-refractivity contribution < 1.29 is 14.0 Å². The molecule has 0 N–H and O–H groups in total. The van der Waals surface area contributed by atoms with Crippen molar-refractivity contribution >= 4 is 23.7 Å². The molecule has 0 bridgehead atoms. The largest absolute Gasteiger partial charge is 0.321 e. The number of halogens is 1. The SMILES string of the molecule is Cc1cc(-c2cc(C(C)(C)C)c3nc(C(=O)N4CCN(C5=CCN=C5)C(=O)C4(C)C)cn3n2)ccc1F. The highest BCUT2D eigenvalue weighted by Gasteiger charge is 2.46. The summed E-state index contributed by atoms with van der Waals surface area (Å²) in [5, 5.41) is 4.72. The number of carbonyl (C=O) groups is 2. The highest BCUT2D eigenvalue weighted by molar-refractivity contribution is 6.01. The summed E-state index contributed by atoms with van der Waals surface area (Å²) in [6.07, 6.45) is 5.23. The monoisotopic (exact) mass is 502 g/mol. The van der Waals surface area contributed by atoms with E-state index in [4.69, 9.17) is 10.1 Å². The third-order valence-electron chi connectivity index (χ3n) is 7.08. The van der Waals surface area contributed by atoms with Crippen LogP contribution in [-0.2, 0) is 10.2 Å². The molecule has 1 aromatic carbocycles. The number of piperazine rings is 1. The second-order valence-corrected chi connectivity index (χ2v) is 11.1. The normalized spacial score (nSPS) is 17.6. The standard InChI is InChI=1S/C28H31FN6O2/c1-17-13-18(7-8-21(17)29)22-14-20(27(2,3)4)24-31-23(16-35(24)32-22)25(36)34-12-11-33(19-9-10-30-15-19)26(37)28(34,5)6/h7-9,13-16H,10-12H2,1-6H3. The number of allylic oxidation sites excluding steroid dienone is 1. The first-order valence-corrected chi connectivity index (χ1v) is 12.4. The Morgan fingerprint density at radius 2 is 1.89 bits per heavy atom. The van der Waals surface area contributed by atoms with Crippen molar-refractivity contribution in [3.8, 4) is 11.3 Å². The minimum Gasteiger partial charge on any atom is -0.321 e. The zero-order valence-electron chi connectivity index (χ0n) is 22.0. The van der Waals surface area contributed by atoms with Gasteiger partial charge in [-0.05, 0) is 62.1 Å². The number of rotatable bonds is 3. The number of nitrogens with zero attached hydrogens (tertiary/aromatic N) is 6. The molecule has 0 spiro atoms. The smallest absolute Gasteiger partial charge is 0.275 e. The number of hydrogen-bond donors (Lipinski definition) is 0. The molecule has 2 aliphatic heterocycles. The predicted molar refractivity (Wildman–Crippen MR) is 140 cm³/mol. The summed E-state index contributed by atoms with van der Waals surface area (Å²) in [6, 6.07) is 6.84. The molecule has 4 heterocycles. The second-order valence-electron chi connectivity index (χ2n) is 11.1. The van der Waals surface area contributed by atoms with Gasteiger partial charge in [-0.25, -0.2) is 13.9 Å². The summed E-state index contributed by atoms with van der Waals surface area (Å²) < 4.78 is 15.5. The van der Waals surface area contributed by atoms with E-state index in [9.17, 15) is 14.0 Å². The molecule has 0 aliphatic carbocycles. The van der Waals surface area contributed by atoms with Crippen LogP contribution in [0.1, 0.15) is 56.2 Å². The fourth-order valence-corrected chi connectivity index (χ4v) is 4.87. The van der Waals surface area contributed by atoms with Gasteiger partial charge in [-0.1, -0.05) is 20.8 Å². The molecular weight excluding hydrogens is 471 g/mol. The summed E-state index contributed by atoms with van der Waals surface area (Å²) in [5.41, 5.74) is 3.11. The maximum atomic E-state index is 13.9. The van der Waals surface area contributed by atoms with Gasteiger partial charge < -0.3 is 9.80 Å². The highest BCUT2D eigenvalue weighted by atomic mass is 19.1. The van der Waals surface area contributed by atoms with Crippen LogP contribution in [0.3, 0.4) is 0 Å². The summed E-state index contributed by atoms with van der Waals surface area (Å²) in [6.45, 7) is 12.8. The molecule has 8 nitrogen and oxygen atoms in total. The Kier molecular flexibility index (Phi) is 5.77. The third-order valence-corrected chi connectivity index (χ3v) is 7.08. The van der Waals surface area contributed by atoms with Crippen LogP contribution < -0.4 is 0 Å². The van der Waals surface area contributed by atoms with Gasteiger partial charge in [0.05, 0.1) is 24.1 Å². The van der Waals surface area contributed by atoms with Crippen LogP contribution in [0.25, 0.3) is 16.9 Å². The van der Waals surface area contributed by atoms with E-state index in [0.717, 1.165) is 16.8 Å². The molecule has 192 valence electrons. The number of fused-ring (bicyclic) bond motifs is 1. The molecule has 9 heteroatoms. The second kappa shape index (κ2) is 8.61. The van der Waals surface area contributed by atoms with E-state index in [1.165, 1.54) is 6.07 Å². The van der Waals surface area contributed by atoms with E-state index in [0.29, 0.717) is 36.5 Å². The lowest BCUT2D eigenvalue weighted by molar-refractivity contribution is -0.143. The number of aryl methyl sites for hydroxylation is 1. The van der Waals surface area contributed by atoms with Crippen LogP contribution in [-0.4, -0.2) is 67.6 Å². The van der Waals surface area contributed by atoms with E-state index in [-0.39, 0.29) is 28.7 Å². The Labute approximate surface area is 215 Å². The average molecular weight is 503 g/mol. The summed E-state index contributed by atoms with van der Waals surface area (Å²) >= 11 is 0. The van der Waals surface area contributed by atoms with Crippen molar-refractivity contribution in [1.82, 2.24) is 24.4 Å². The molecule has 0 atom stereocenters. The molecule has 2 aromatic heterocycles. The molecule has 5 rings (SSSR count). The van der Waals surface area contributed by atoms with Crippen molar-refractivity contribution in [2.45, 2.75) is 52.5 Å². The lowest BCUT2D eigenvalue weighted by atomic mass is 9.87. The Morgan fingerprint density at radius 3 is 2.54 bits per heavy atom. The van der Waals surface area contributed by atoms with Crippen LogP contribution in [0, 0.1) is 12.7 Å². The number of aliphatic imine (C=N–C) groups is 1. The Morgan fingerprint density at radius 1 is 1.14 bits per heavy atom. The van der Waals surface area contributed by atoms with Crippen LogP contribution in [0.5, 0.6) is 0 Å². The van der Waals surface area contributed by atoms with Crippen molar-refractivity contribution in [3.63, 3.8) is 0 Å². The van der Waals surface area contributed by atoms with Crippen LogP contribution in [0.4, 0.5) is 4.39 Å². The molecule has 3 aromatic rings. The Balaban J connectivity index is 1.54. The minimum atomic E-state index is -1.06. The van der Waals surface area contributed by atoms with Crippen LogP contribution >= 0.6 is 0 Å². The zero-order valence-corrected chi connectivity index (χ0v) is 22.0. The molecule has 0 unspecified atom stereocenters. The minimum absolute atomic E-state index is 0.155. The van der Waals surface area contributed by atoms with Gasteiger partial charge in [-0.3, -0.25) is 14.6 Å². The fraction of sp³-hybridized carbons (Fsp3) is 0.393. The molecule has 1 saturated heterocycles. The maximum absolute atomic E-state index is 13.9. The molecule has 0 radical (unpaired) electrons. The number of imidazole rings is 1. The van der Waals surface area contributed by atoms with Gasteiger partial charge in [0.1, 0.15) is 17.1 Å². The Hall–Kier alpha value is -3.88. The van der Waals surface area contributed by atoms with E-state index >= 15 is 0 Å². The van der Waals surface area contributed by atoms with Gasteiger partial charge in [0.2, 0.25) is 0 Å². The first-order valence-electron chi connectivity index (χ1n) is 12.4. The van der Waals surface area contributed by atoms with Crippen molar-refractivity contribution in [2.24, 2.45) is 4.99 Å². The van der Waals surface area contributed by atoms with Gasteiger partial charge in [0.15, 0.2) is 5.65 Å². The fourth-order valence-electron chi connectivity index (χ4n) is 4.87. The quantitative estimate of drug-likeness (QED) is 0.538. The Bertz CT molecular complexity index is 1490. The number of aromatic nitrogens is 3. The summed E-state index contributed by atoms with van der Waals surface area (Å²) in [5.74, 6) is -0.750. The number of amides is 2. The topological polar surface area (TPSA) is 83.2 Å². The molecule has 1 fully saturated rings. The zero-order chi connectivity index (χ0) is 26.7. The molecular formula is C28H31FN6O2. The molecule has 2 amide bonds. The lowest BCUT2D eigenvalue weighted by Gasteiger charge is -2.45. The van der Waals surface area contributed by atoms with Gasteiger partial charge in [0, 0.05) is 30.4 Å². The van der Waals surface area contributed by atoms with E-state index < -0.39 is 5.54 Å². The lowest BCUT2D eigenvalue weighted by Crippen LogP contribution is -2.64. The van der Waals surface area contributed by atoms with E-state index in [1.807, 2.05) is 12.1 Å². The van der Waals surface area contributed by atoms with Crippen molar-refractivity contribution in [1.29, 1.82) is 0 Å². The van der Waals surface area contributed by atoms with Crippen LogP contribution in [0.2, 0.25) is 0 Å². The van der Waals surface area contributed by atoms with Gasteiger partial charge in [-0.2, -0.15) is 5.10 Å². The highest BCUT2D eigenvalue weighted by Crippen LogP contribution is 2.32. The maximum Gasteiger partial charge on any atom is 0.275 e. The third kappa shape index (κ3) is 4.22. The van der Waals surface area contributed by atoms with Gasteiger partial charge in [-0.15, -0.1) is 0 Å². The van der Waals surface area contributed by atoms with Crippen molar-refractivity contribution in [3.05, 3.63) is 64.9 Å². The van der Waals surface area contributed by atoms with Gasteiger partial charge in [0.25, 0.3) is 11.8 Å². The van der Waals surface area contributed by atoms with Gasteiger partial charge >= 0.3 is 0 Å². The molecule has 0 saturated carbocycles. The first kappa shape index (κ1) is 24.8. The van der Waals surface area contributed by atoms with Crippen molar-refractivity contribution in [2.75, 3.05) is 19.6 Å². The first-order chi connectivity index (χ1) is 17.4. The summed E-state index contributed by atoms with van der Waals surface area (Å²) in [7, 11) is 0.